The molecule has 2 aromatic rings. The van der Waals surface area contributed by atoms with Crippen LogP contribution in [0.15, 0.2) is 42.5 Å². The summed E-state index contributed by atoms with van der Waals surface area (Å²) in [7, 11) is -3.74. The first-order chi connectivity index (χ1) is 13.8. The van der Waals surface area contributed by atoms with Gasteiger partial charge in [-0.15, -0.1) is 0 Å². The van der Waals surface area contributed by atoms with Crippen molar-refractivity contribution in [2.75, 3.05) is 16.6 Å². The highest BCUT2D eigenvalue weighted by molar-refractivity contribution is 7.93. The predicted octanol–water partition coefficient (Wildman–Crippen LogP) is 2.28. The molecule has 1 aliphatic heterocycles. The van der Waals surface area contributed by atoms with Crippen LogP contribution in [0.4, 0.5) is 11.4 Å². The van der Waals surface area contributed by atoms with Gasteiger partial charge in [-0.3, -0.25) is 9.52 Å². The van der Waals surface area contributed by atoms with Crippen molar-refractivity contribution in [3.05, 3.63) is 53.6 Å². The monoisotopic (exact) mass is 418 g/mol. The first-order valence-electron chi connectivity index (χ1n) is 9.41. The molecule has 0 radical (unpaired) electrons. The highest BCUT2D eigenvalue weighted by atomic mass is 32.2. The maximum atomic E-state index is 12.7. The second-order valence-corrected chi connectivity index (χ2v) is 8.90. The molecule has 0 spiro atoms. The topological polar surface area (TPSA) is 109 Å². The van der Waals surface area contributed by atoms with E-state index in [1.807, 2.05) is 39.0 Å². The molecule has 1 saturated heterocycles. The Morgan fingerprint density at radius 3 is 2.34 bits per heavy atom. The number of nitrogens with one attached hydrogen (secondary N) is 4. The minimum Gasteiger partial charge on any atom is -0.494 e. The van der Waals surface area contributed by atoms with E-state index in [1.165, 1.54) is 0 Å². The summed E-state index contributed by atoms with van der Waals surface area (Å²) in [6, 6.07) is 11.7. The largest absolute Gasteiger partial charge is 0.494 e. The minimum absolute atomic E-state index is 0.100. The Kier molecular flexibility index (Phi) is 6.41. The van der Waals surface area contributed by atoms with Gasteiger partial charge in [0.25, 0.3) is 0 Å². The Hall–Kier alpha value is -2.62. The Morgan fingerprint density at radius 2 is 1.72 bits per heavy atom. The van der Waals surface area contributed by atoms with Crippen LogP contribution in [0.1, 0.15) is 24.5 Å². The lowest BCUT2D eigenvalue weighted by Crippen LogP contribution is -2.42. The van der Waals surface area contributed by atoms with Gasteiger partial charge < -0.3 is 10.1 Å². The van der Waals surface area contributed by atoms with Crippen molar-refractivity contribution in [1.29, 1.82) is 0 Å². The molecule has 0 saturated carbocycles. The van der Waals surface area contributed by atoms with Gasteiger partial charge in [0.05, 0.1) is 6.61 Å². The summed E-state index contributed by atoms with van der Waals surface area (Å²) >= 11 is 0. The smallest absolute Gasteiger partial charge is 0.250 e. The van der Waals surface area contributed by atoms with Gasteiger partial charge in [0, 0.05) is 17.8 Å². The fourth-order valence-electron chi connectivity index (χ4n) is 3.20. The van der Waals surface area contributed by atoms with E-state index in [2.05, 4.69) is 20.9 Å². The molecule has 9 heteroatoms. The molecule has 156 valence electrons. The third-order valence-corrected chi connectivity index (χ3v) is 6.05. The second-order valence-electron chi connectivity index (χ2n) is 7.04. The van der Waals surface area contributed by atoms with Gasteiger partial charge in [0.2, 0.25) is 15.9 Å². The van der Waals surface area contributed by atoms with Gasteiger partial charge in [-0.25, -0.2) is 19.3 Å². The van der Waals surface area contributed by atoms with Gasteiger partial charge in [-0.1, -0.05) is 6.07 Å². The molecular formula is C20H26N4O4S. The molecule has 4 N–H and O–H groups in total. The molecule has 1 amide bonds. The molecule has 2 aromatic carbocycles. The summed E-state index contributed by atoms with van der Waals surface area (Å²) in [5.74, 6) is 0.375. The normalized spacial score (nSPS) is 19.0. The molecule has 1 heterocycles. The molecule has 1 fully saturated rings. The van der Waals surface area contributed by atoms with Crippen LogP contribution in [0.5, 0.6) is 5.75 Å². The molecule has 1 aliphatic rings. The van der Waals surface area contributed by atoms with Gasteiger partial charge in [-0.05, 0) is 68.3 Å². The number of hydrogen-bond donors (Lipinski definition) is 4. The molecule has 0 aliphatic carbocycles. The van der Waals surface area contributed by atoms with E-state index in [4.69, 9.17) is 4.74 Å². The summed E-state index contributed by atoms with van der Waals surface area (Å²) in [6.07, 6.45) is 0.100. The summed E-state index contributed by atoms with van der Waals surface area (Å²) in [4.78, 5) is 12.5. The van der Waals surface area contributed by atoms with Crippen LogP contribution in [0.2, 0.25) is 0 Å². The SMILES string of the molecule is CCOc1ccc(NS(=O)(=O)C2CC(C(=O)Nc3cc(C)cc(C)c3)NN2)cc1. The number of ether oxygens (including phenoxy) is 1. The van der Waals surface area contributed by atoms with Crippen molar-refractivity contribution < 1.29 is 17.9 Å². The van der Waals surface area contributed by atoms with Crippen LogP contribution < -0.4 is 25.6 Å². The van der Waals surface area contributed by atoms with E-state index >= 15 is 0 Å². The molecule has 0 aromatic heterocycles. The Morgan fingerprint density at radius 1 is 1.07 bits per heavy atom. The Labute approximate surface area is 171 Å². The minimum atomic E-state index is -3.74. The van der Waals surface area contributed by atoms with Crippen LogP contribution >= 0.6 is 0 Å². The number of hydrogen-bond acceptors (Lipinski definition) is 6. The van der Waals surface area contributed by atoms with Gasteiger partial charge in [0.15, 0.2) is 0 Å². The standard InChI is InChI=1S/C20H26N4O4S/c1-4-28-17-7-5-15(6-8-17)24-29(26,27)19-12-18(22-23-19)20(25)21-16-10-13(2)9-14(3)11-16/h5-11,18-19,22-24H,4,12H2,1-3H3,(H,21,25). The molecule has 3 rings (SSSR count). The van der Waals surface area contributed by atoms with Crippen LogP contribution in [0.3, 0.4) is 0 Å². The maximum Gasteiger partial charge on any atom is 0.250 e. The molecule has 2 atom stereocenters. The number of anilines is 2. The molecule has 29 heavy (non-hydrogen) atoms. The van der Waals surface area contributed by atoms with Crippen LogP contribution in [0.25, 0.3) is 0 Å². The Bertz CT molecular complexity index is 956. The van der Waals surface area contributed by atoms with Crippen molar-refractivity contribution in [3.63, 3.8) is 0 Å². The average molecular weight is 419 g/mol. The molecular weight excluding hydrogens is 392 g/mol. The fraction of sp³-hybridized carbons (Fsp3) is 0.350. The van der Waals surface area contributed by atoms with Crippen molar-refractivity contribution in [2.24, 2.45) is 0 Å². The third-order valence-electron chi connectivity index (χ3n) is 4.47. The number of benzene rings is 2. The molecule has 8 nitrogen and oxygen atoms in total. The number of rotatable bonds is 7. The van der Waals surface area contributed by atoms with E-state index in [0.717, 1.165) is 11.1 Å². The zero-order chi connectivity index (χ0) is 21.0. The first kappa shape index (κ1) is 21.1. The number of aryl methyl sites for hydroxylation is 2. The first-order valence-corrected chi connectivity index (χ1v) is 11.0. The lowest BCUT2D eigenvalue weighted by molar-refractivity contribution is -0.117. The number of carbonyl (C=O) groups is 1. The van der Waals surface area contributed by atoms with Crippen LogP contribution in [0, 0.1) is 13.8 Å². The zero-order valence-corrected chi connectivity index (χ0v) is 17.5. The predicted molar refractivity (Wildman–Crippen MR) is 113 cm³/mol. The fourth-order valence-corrected chi connectivity index (χ4v) is 4.48. The van der Waals surface area contributed by atoms with Gasteiger partial charge >= 0.3 is 0 Å². The quantitative estimate of drug-likeness (QED) is 0.549. The van der Waals surface area contributed by atoms with Crippen molar-refractivity contribution in [1.82, 2.24) is 10.9 Å². The Balaban J connectivity index is 1.60. The average Bonchev–Trinajstić information content (AvgIpc) is 3.14. The summed E-state index contributed by atoms with van der Waals surface area (Å²) in [5.41, 5.74) is 8.67. The van der Waals surface area contributed by atoms with E-state index in [9.17, 15) is 13.2 Å². The van der Waals surface area contributed by atoms with E-state index in [-0.39, 0.29) is 12.3 Å². The van der Waals surface area contributed by atoms with E-state index in [1.54, 1.807) is 24.3 Å². The molecule has 0 bridgehead atoms. The highest BCUT2D eigenvalue weighted by Crippen LogP contribution is 2.20. The zero-order valence-electron chi connectivity index (χ0n) is 16.7. The number of sulfonamides is 1. The molecule has 2 unspecified atom stereocenters. The van der Waals surface area contributed by atoms with Crippen molar-refractivity contribution in [2.45, 2.75) is 38.6 Å². The third kappa shape index (κ3) is 5.47. The lowest BCUT2D eigenvalue weighted by atomic mass is 10.1. The van der Waals surface area contributed by atoms with Gasteiger partial charge in [0.1, 0.15) is 17.2 Å². The maximum absolute atomic E-state index is 12.7. The lowest BCUT2D eigenvalue weighted by Gasteiger charge is -2.14. The van der Waals surface area contributed by atoms with E-state index < -0.39 is 21.4 Å². The van der Waals surface area contributed by atoms with Crippen LogP contribution in [-0.2, 0) is 14.8 Å². The van der Waals surface area contributed by atoms with Crippen LogP contribution in [-0.4, -0.2) is 32.3 Å². The summed E-state index contributed by atoms with van der Waals surface area (Å²) in [5, 5.41) is 1.89. The van der Waals surface area contributed by atoms with Gasteiger partial charge in [-0.2, -0.15) is 0 Å². The van der Waals surface area contributed by atoms with E-state index in [0.29, 0.717) is 23.7 Å². The summed E-state index contributed by atoms with van der Waals surface area (Å²) in [6.45, 7) is 6.32. The number of hydrazine groups is 1. The second kappa shape index (κ2) is 8.81. The summed E-state index contributed by atoms with van der Waals surface area (Å²) < 4.78 is 33.2. The number of amides is 1. The van der Waals surface area contributed by atoms with Crippen molar-refractivity contribution in [3.8, 4) is 5.75 Å². The highest BCUT2D eigenvalue weighted by Gasteiger charge is 2.37. The number of carbonyl (C=O) groups excluding carboxylic acids is 1. The van der Waals surface area contributed by atoms with Crippen molar-refractivity contribution >= 4 is 27.3 Å².